The summed E-state index contributed by atoms with van der Waals surface area (Å²) in [5.41, 5.74) is 0.0520. The van der Waals surface area contributed by atoms with Crippen LogP contribution in [0.5, 0.6) is 0 Å². The fraction of sp³-hybridized carbons (Fsp3) is 1.00. The third kappa shape index (κ3) is 2.15. The zero-order valence-corrected chi connectivity index (χ0v) is 12.3. The Morgan fingerprint density at radius 1 is 1.29 bits per heavy atom. The van der Waals surface area contributed by atoms with Crippen LogP contribution in [0.1, 0.15) is 54.4 Å². The molecular weight excluding hydrogens is 210 g/mol. The first-order valence-corrected chi connectivity index (χ1v) is 7.04. The Labute approximate surface area is 106 Å². The molecule has 2 N–H and O–H groups in total. The number of aliphatic hydroxyl groups is 1. The number of fused-ring (bicyclic) bond motifs is 2. The van der Waals surface area contributed by atoms with E-state index in [0.29, 0.717) is 17.3 Å². The SMILES string of the molecule is C[C@@H]1[C@@H]2C[C@H](CC1(O)CNC(C)(C)C)C2(C)C. The molecule has 0 spiro atoms. The van der Waals surface area contributed by atoms with Gasteiger partial charge in [-0.15, -0.1) is 0 Å². The van der Waals surface area contributed by atoms with Crippen LogP contribution < -0.4 is 5.32 Å². The third-order valence-electron chi connectivity index (χ3n) is 5.52. The first-order chi connectivity index (χ1) is 7.56. The fourth-order valence-electron chi connectivity index (χ4n) is 3.89. The number of nitrogens with one attached hydrogen (secondary N) is 1. The average molecular weight is 239 g/mol. The summed E-state index contributed by atoms with van der Waals surface area (Å²) in [6, 6.07) is 0. The second-order valence-electron chi connectivity index (χ2n) is 8.06. The van der Waals surface area contributed by atoms with Gasteiger partial charge in [-0.25, -0.2) is 0 Å². The molecule has 0 radical (unpaired) electrons. The second kappa shape index (κ2) is 3.71. The van der Waals surface area contributed by atoms with E-state index in [0.717, 1.165) is 18.9 Å². The minimum absolute atomic E-state index is 0.0899. The number of β-amino-alcohol motifs (C(OH)–C–C–N with tert-alkyl or cyclic N) is 1. The van der Waals surface area contributed by atoms with E-state index in [4.69, 9.17) is 0 Å². The molecule has 2 heteroatoms. The lowest BCUT2D eigenvalue weighted by atomic mass is 9.42. The molecule has 3 aliphatic rings. The van der Waals surface area contributed by atoms with E-state index in [1.165, 1.54) is 6.42 Å². The van der Waals surface area contributed by atoms with E-state index in [1.54, 1.807) is 0 Å². The maximum Gasteiger partial charge on any atom is 0.0802 e. The van der Waals surface area contributed by atoms with Crippen molar-refractivity contribution >= 4 is 0 Å². The Bertz CT molecular complexity index is 305. The molecule has 3 saturated carbocycles. The fourth-order valence-corrected chi connectivity index (χ4v) is 3.89. The van der Waals surface area contributed by atoms with Crippen LogP contribution in [-0.4, -0.2) is 22.8 Å². The molecule has 0 aromatic rings. The van der Waals surface area contributed by atoms with Gasteiger partial charge in [0.15, 0.2) is 0 Å². The molecular formula is C15H29NO. The summed E-state index contributed by atoms with van der Waals surface area (Å²) in [6.45, 7) is 14.2. The Kier molecular flexibility index (Phi) is 2.91. The third-order valence-corrected chi connectivity index (χ3v) is 5.52. The molecule has 2 nitrogen and oxygen atoms in total. The molecule has 100 valence electrons. The zero-order chi connectivity index (χ0) is 13.1. The van der Waals surface area contributed by atoms with Crippen LogP contribution >= 0.6 is 0 Å². The molecule has 0 aliphatic heterocycles. The van der Waals surface area contributed by atoms with Crippen molar-refractivity contribution < 1.29 is 5.11 Å². The lowest BCUT2D eigenvalue weighted by molar-refractivity contribution is -0.205. The second-order valence-corrected chi connectivity index (χ2v) is 8.06. The van der Waals surface area contributed by atoms with Crippen LogP contribution in [0.25, 0.3) is 0 Å². The smallest absolute Gasteiger partial charge is 0.0802 e. The molecule has 0 saturated heterocycles. The highest BCUT2D eigenvalue weighted by Crippen LogP contribution is 2.63. The lowest BCUT2D eigenvalue weighted by Gasteiger charge is -2.65. The van der Waals surface area contributed by atoms with Crippen molar-refractivity contribution in [1.82, 2.24) is 5.32 Å². The minimum atomic E-state index is -0.490. The Hall–Kier alpha value is -0.0800. The van der Waals surface area contributed by atoms with E-state index in [9.17, 15) is 5.11 Å². The number of hydrogen-bond donors (Lipinski definition) is 2. The molecule has 0 aromatic carbocycles. The molecule has 0 amide bonds. The van der Waals surface area contributed by atoms with Gasteiger partial charge < -0.3 is 10.4 Å². The Morgan fingerprint density at radius 2 is 1.88 bits per heavy atom. The van der Waals surface area contributed by atoms with Crippen molar-refractivity contribution in [1.29, 1.82) is 0 Å². The van der Waals surface area contributed by atoms with Gasteiger partial charge in [-0.05, 0) is 56.8 Å². The van der Waals surface area contributed by atoms with Crippen molar-refractivity contribution in [3.63, 3.8) is 0 Å². The normalized spacial score (nSPS) is 44.3. The summed E-state index contributed by atoms with van der Waals surface area (Å²) < 4.78 is 0. The Balaban J connectivity index is 2.04. The van der Waals surface area contributed by atoms with Gasteiger partial charge in [-0.3, -0.25) is 0 Å². The summed E-state index contributed by atoms with van der Waals surface area (Å²) in [5.74, 6) is 1.83. The highest BCUT2D eigenvalue weighted by atomic mass is 16.3. The molecule has 3 aliphatic carbocycles. The summed E-state index contributed by atoms with van der Waals surface area (Å²) in [5, 5.41) is 14.4. The van der Waals surface area contributed by atoms with Crippen molar-refractivity contribution in [2.75, 3.05) is 6.54 Å². The maximum absolute atomic E-state index is 10.9. The molecule has 2 bridgehead atoms. The van der Waals surface area contributed by atoms with Crippen LogP contribution in [0.2, 0.25) is 0 Å². The highest BCUT2D eigenvalue weighted by Gasteiger charge is 2.61. The van der Waals surface area contributed by atoms with E-state index in [2.05, 4.69) is 46.9 Å². The first kappa shape index (κ1) is 13.4. The number of rotatable bonds is 2. The van der Waals surface area contributed by atoms with Crippen LogP contribution in [-0.2, 0) is 0 Å². The van der Waals surface area contributed by atoms with E-state index in [1.807, 2.05) is 0 Å². The predicted octanol–water partition coefficient (Wildman–Crippen LogP) is 2.81. The molecule has 17 heavy (non-hydrogen) atoms. The van der Waals surface area contributed by atoms with Crippen molar-refractivity contribution in [3.8, 4) is 0 Å². The number of hydrogen-bond acceptors (Lipinski definition) is 2. The van der Waals surface area contributed by atoms with Crippen LogP contribution in [0.3, 0.4) is 0 Å². The Morgan fingerprint density at radius 3 is 2.29 bits per heavy atom. The molecule has 1 unspecified atom stereocenters. The van der Waals surface area contributed by atoms with Gasteiger partial charge in [0, 0.05) is 12.1 Å². The van der Waals surface area contributed by atoms with Crippen molar-refractivity contribution in [2.24, 2.45) is 23.2 Å². The molecule has 0 heterocycles. The maximum atomic E-state index is 10.9. The van der Waals surface area contributed by atoms with Gasteiger partial charge in [0.05, 0.1) is 5.60 Å². The molecule has 4 atom stereocenters. The quantitative estimate of drug-likeness (QED) is 0.776. The van der Waals surface area contributed by atoms with Gasteiger partial charge in [-0.1, -0.05) is 20.8 Å². The van der Waals surface area contributed by atoms with Gasteiger partial charge in [0.25, 0.3) is 0 Å². The van der Waals surface area contributed by atoms with Gasteiger partial charge in [-0.2, -0.15) is 0 Å². The van der Waals surface area contributed by atoms with E-state index < -0.39 is 5.60 Å². The van der Waals surface area contributed by atoms with E-state index in [-0.39, 0.29) is 5.54 Å². The predicted molar refractivity (Wildman–Crippen MR) is 71.9 cm³/mol. The molecule has 3 fully saturated rings. The van der Waals surface area contributed by atoms with E-state index >= 15 is 0 Å². The highest BCUT2D eigenvalue weighted by molar-refractivity contribution is 5.11. The standard InChI is InChI=1S/C15H29NO/c1-10-12-7-11(14(12,5)6)8-15(10,17)9-16-13(2,3)4/h10-12,16-17H,7-9H2,1-6H3/t10-,11-,12+,15?/m1/s1. The monoisotopic (exact) mass is 239 g/mol. The minimum Gasteiger partial charge on any atom is -0.388 e. The van der Waals surface area contributed by atoms with Gasteiger partial charge in [0.2, 0.25) is 0 Å². The van der Waals surface area contributed by atoms with Crippen molar-refractivity contribution in [3.05, 3.63) is 0 Å². The molecule has 0 aromatic heterocycles. The zero-order valence-electron chi connectivity index (χ0n) is 12.3. The van der Waals surface area contributed by atoms with Crippen LogP contribution in [0.15, 0.2) is 0 Å². The summed E-state index contributed by atoms with van der Waals surface area (Å²) in [4.78, 5) is 0. The average Bonchev–Trinajstić information content (AvgIpc) is 2.18. The first-order valence-electron chi connectivity index (χ1n) is 7.04. The summed E-state index contributed by atoms with van der Waals surface area (Å²) in [7, 11) is 0. The largest absolute Gasteiger partial charge is 0.388 e. The molecule has 3 rings (SSSR count). The summed E-state index contributed by atoms with van der Waals surface area (Å²) >= 11 is 0. The topological polar surface area (TPSA) is 32.3 Å². The van der Waals surface area contributed by atoms with Crippen LogP contribution in [0.4, 0.5) is 0 Å². The van der Waals surface area contributed by atoms with Gasteiger partial charge in [0.1, 0.15) is 0 Å². The van der Waals surface area contributed by atoms with Gasteiger partial charge >= 0.3 is 0 Å². The van der Waals surface area contributed by atoms with Crippen molar-refractivity contribution in [2.45, 2.75) is 65.5 Å². The van der Waals surface area contributed by atoms with Crippen LogP contribution in [0, 0.1) is 23.2 Å². The lowest BCUT2D eigenvalue weighted by Crippen LogP contribution is -2.65. The summed E-state index contributed by atoms with van der Waals surface area (Å²) in [6.07, 6.45) is 2.30.